The first-order valence-electron chi connectivity index (χ1n) is 8.16. The molecule has 0 bridgehead atoms. The van der Waals surface area contributed by atoms with E-state index in [0.29, 0.717) is 11.6 Å². The van der Waals surface area contributed by atoms with E-state index in [1.807, 2.05) is 24.2 Å². The molecule has 120 valence electrons. The average Bonchev–Trinajstić information content (AvgIpc) is 2.62. The van der Waals surface area contributed by atoms with E-state index in [9.17, 15) is 4.79 Å². The summed E-state index contributed by atoms with van der Waals surface area (Å²) in [7, 11) is 1.98. The molecule has 4 heteroatoms. The number of pyridine rings is 1. The molecular formula is C19H23N3O. The van der Waals surface area contributed by atoms with Crippen LogP contribution < -0.4 is 5.32 Å². The maximum Gasteiger partial charge on any atom is 0.255 e. The standard InChI is InChI=1S/C19H23N3O/c1-14-3-5-15(6-4-14)16-11-17(13-21-12-16)19(23)22-9-7-18(20-2)8-10-22/h3-6,11-13,18,20H,7-10H2,1-2H3. The predicted molar refractivity (Wildman–Crippen MR) is 92.4 cm³/mol. The zero-order valence-corrected chi connectivity index (χ0v) is 13.7. The van der Waals surface area contributed by atoms with Crippen molar-refractivity contribution in [2.24, 2.45) is 0 Å². The number of carbonyl (C=O) groups excluding carboxylic acids is 1. The van der Waals surface area contributed by atoms with Gasteiger partial charge in [-0.05, 0) is 38.4 Å². The lowest BCUT2D eigenvalue weighted by molar-refractivity contribution is 0.0707. The number of carbonyl (C=O) groups is 1. The molecule has 0 atom stereocenters. The molecule has 1 aliphatic rings. The Kier molecular flexibility index (Phi) is 4.72. The SMILES string of the molecule is CNC1CCN(C(=O)c2cncc(-c3ccc(C)cc3)c2)CC1. The molecule has 4 nitrogen and oxygen atoms in total. The lowest BCUT2D eigenvalue weighted by atomic mass is 10.0. The molecule has 1 aromatic heterocycles. The van der Waals surface area contributed by atoms with E-state index >= 15 is 0 Å². The van der Waals surface area contributed by atoms with Crippen molar-refractivity contribution in [2.75, 3.05) is 20.1 Å². The van der Waals surface area contributed by atoms with Crippen molar-refractivity contribution >= 4 is 5.91 Å². The molecule has 2 heterocycles. The zero-order chi connectivity index (χ0) is 16.2. The Balaban J connectivity index is 1.77. The molecule has 0 radical (unpaired) electrons. The Morgan fingerprint density at radius 1 is 1.13 bits per heavy atom. The summed E-state index contributed by atoms with van der Waals surface area (Å²) in [6, 6.07) is 10.8. The van der Waals surface area contributed by atoms with Crippen molar-refractivity contribution in [1.82, 2.24) is 15.2 Å². The number of nitrogens with one attached hydrogen (secondary N) is 1. The highest BCUT2D eigenvalue weighted by Gasteiger charge is 2.23. The van der Waals surface area contributed by atoms with Crippen LogP contribution in [0.5, 0.6) is 0 Å². The summed E-state index contributed by atoms with van der Waals surface area (Å²) in [6.45, 7) is 3.68. The minimum absolute atomic E-state index is 0.0843. The Bertz CT molecular complexity index is 673. The van der Waals surface area contributed by atoms with E-state index < -0.39 is 0 Å². The molecule has 2 aromatic rings. The molecule has 1 saturated heterocycles. The van der Waals surface area contributed by atoms with Crippen LogP contribution in [0.25, 0.3) is 11.1 Å². The highest BCUT2D eigenvalue weighted by Crippen LogP contribution is 2.21. The van der Waals surface area contributed by atoms with Crippen LogP contribution in [-0.2, 0) is 0 Å². The number of piperidine rings is 1. The summed E-state index contributed by atoms with van der Waals surface area (Å²) in [5.74, 6) is 0.0843. The molecule has 23 heavy (non-hydrogen) atoms. The van der Waals surface area contributed by atoms with Gasteiger partial charge in [0.05, 0.1) is 5.56 Å². The number of nitrogens with zero attached hydrogens (tertiary/aromatic N) is 2. The lowest BCUT2D eigenvalue weighted by Crippen LogP contribution is -2.43. The molecule has 0 unspecified atom stereocenters. The second-order valence-electron chi connectivity index (χ2n) is 6.18. The maximum absolute atomic E-state index is 12.7. The number of aromatic nitrogens is 1. The van der Waals surface area contributed by atoms with Crippen molar-refractivity contribution < 1.29 is 4.79 Å². The Labute approximate surface area is 137 Å². The van der Waals surface area contributed by atoms with Gasteiger partial charge in [0.2, 0.25) is 0 Å². The number of amides is 1. The maximum atomic E-state index is 12.7. The summed E-state index contributed by atoms with van der Waals surface area (Å²) < 4.78 is 0. The van der Waals surface area contributed by atoms with Crippen LogP contribution in [-0.4, -0.2) is 42.0 Å². The third-order valence-corrected chi connectivity index (χ3v) is 4.56. The third kappa shape index (κ3) is 3.59. The van der Waals surface area contributed by atoms with E-state index in [4.69, 9.17) is 0 Å². The van der Waals surface area contributed by atoms with Gasteiger partial charge in [-0.2, -0.15) is 0 Å². The van der Waals surface area contributed by atoms with Crippen LogP contribution in [0, 0.1) is 6.92 Å². The molecular weight excluding hydrogens is 286 g/mol. The minimum atomic E-state index is 0.0843. The predicted octanol–water partition coefficient (Wildman–Crippen LogP) is 2.88. The molecule has 1 N–H and O–H groups in total. The number of likely N-dealkylation sites (tertiary alicyclic amines) is 1. The van der Waals surface area contributed by atoms with Gasteiger partial charge in [0.1, 0.15) is 0 Å². The van der Waals surface area contributed by atoms with Gasteiger partial charge in [-0.25, -0.2) is 0 Å². The average molecular weight is 309 g/mol. The summed E-state index contributed by atoms with van der Waals surface area (Å²) in [4.78, 5) is 18.9. The Morgan fingerprint density at radius 2 is 1.83 bits per heavy atom. The highest BCUT2D eigenvalue weighted by atomic mass is 16.2. The van der Waals surface area contributed by atoms with Crippen molar-refractivity contribution in [3.05, 3.63) is 53.9 Å². The molecule has 0 aliphatic carbocycles. The van der Waals surface area contributed by atoms with E-state index in [-0.39, 0.29) is 5.91 Å². The number of benzene rings is 1. The number of rotatable bonds is 3. The fraction of sp³-hybridized carbons (Fsp3) is 0.368. The fourth-order valence-corrected chi connectivity index (χ4v) is 3.01. The number of hydrogen-bond acceptors (Lipinski definition) is 3. The van der Waals surface area contributed by atoms with Crippen LogP contribution >= 0.6 is 0 Å². The van der Waals surface area contributed by atoms with Crippen molar-refractivity contribution in [1.29, 1.82) is 0 Å². The van der Waals surface area contributed by atoms with Gasteiger partial charge in [0, 0.05) is 37.1 Å². The zero-order valence-electron chi connectivity index (χ0n) is 13.7. The van der Waals surface area contributed by atoms with Crippen molar-refractivity contribution in [3.8, 4) is 11.1 Å². The second-order valence-corrected chi connectivity index (χ2v) is 6.18. The summed E-state index contributed by atoms with van der Waals surface area (Å²) in [5.41, 5.74) is 3.97. The lowest BCUT2D eigenvalue weighted by Gasteiger charge is -2.31. The molecule has 3 rings (SSSR count). The van der Waals surface area contributed by atoms with Gasteiger partial charge in [0.25, 0.3) is 5.91 Å². The molecule has 1 fully saturated rings. The molecule has 1 aliphatic heterocycles. The monoisotopic (exact) mass is 309 g/mol. The number of hydrogen-bond donors (Lipinski definition) is 1. The van der Waals surface area contributed by atoms with Crippen LogP contribution in [0.2, 0.25) is 0 Å². The van der Waals surface area contributed by atoms with Gasteiger partial charge in [-0.1, -0.05) is 29.8 Å². The van der Waals surface area contributed by atoms with E-state index in [1.165, 1.54) is 5.56 Å². The van der Waals surface area contributed by atoms with Crippen molar-refractivity contribution in [3.63, 3.8) is 0 Å². The van der Waals surface area contributed by atoms with Gasteiger partial charge in [-0.3, -0.25) is 9.78 Å². The van der Waals surface area contributed by atoms with E-state index in [0.717, 1.165) is 37.1 Å². The quantitative estimate of drug-likeness (QED) is 0.948. The van der Waals surface area contributed by atoms with Gasteiger partial charge in [-0.15, -0.1) is 0 Å². The van der Waals surface area contributed by atoms with Gasteiger partial charge in [0.15, 0.2) is 0 Å². The topological polar surface area (TPSA) is 45.2 Å². The largest absolute Gasteiger partial charge is 0.338 e. The van der Waals surface area contributed by atoms with Crippen LogP contribution in [0.4, 0.5) is 0 Å². The summed E-state index contributed by atoms with van der Waals surface area (Å²) in [5, 5.41) is 3.29. The second kappa shape index (κ2) is 6.92. The first-order chi connectivity index (χ1) is 11.2. The number of aryl methyl sites for hydroxylation is 1. The molecule has 1 amide bonds. The molecule has 1 aromatic carbocycles. The van der Waals surface area contributed by atoms with Gasteiger partial charge >= 0.3 is 0 Å². The van der Waals surface area contributed by atoms with Crippen LogP contribution in [0.15, 0.2) is 42.7 Å². The summed E-state index contributed by atoms with van der Waals surface area (Å²) >= 11 is 0. The Hall–Kier alpha value is -2.20. The first kappa shape index (κ1) is 15.7. The highest BCUT2D eigenvalue weighted by molar-refractivity contribution is 5.95. The third-order valence-electron chi connectivity index (χ3n) is 4.56. The normalized spacial score (nSPS) is 15.7. The molecule has 0 spiro atoms. The smallest absolute Gasteiger partial charge is 0.255 e. The van der Waals surface area contributed by atoms with E-state index in [1.54, 1.807) is 6.20 Å². The first-order valence-corrected chi connectivity index (χ1v) is 8.16. The minimum Gasteiger partial charge on any atom is -0.338 e. The van der Waals surface area contributed by atoms with Crippen molar-refractivity contribution in [2.45, 2.75) is 25.8 Å². The van der Waals surface area contributed by atoms with E-state index in [2.05, 4.69) is 41.5 Å². The molecule has 0 saturated carbocycles. The fourth-order valence-electron chi connectivity index (χ4n) is 3.01. The summed E-state index contributed by atoms with van der Waals surface area (Å²) in [6.07, 6.45) is 5.50. The van der Waals surface area contributed by atoms with Crippen LogP contribution in [0.1, 0.15) is 28.8 Å². The van der Waals surface area contributed by atoms with Gasteiger partial charge < -0.3 is 10.2 Å². The Morgan fingerprint density at radius 3 is 2.48 bits per heavy atom. The van der Waals surface area contributed by atoms with Crippen LogP contribution in [0.3, 0.4) is 0 Å².